The third-order valence-electron chi connectivity index (χ3n) is 2.70. The van der Waals surface area contributed by atoms with E-state index >= 15 is 0 Å². The summed E-state index contributed by atoms with van der Waals surface area (Å²) in [5.41, 5.74) is 5.23. The van der Waals surface area contributed by atoms with E-state index in [2.05, 4.69) is 15.7 Å². The molecule has 1 fully saturated rings. The van der Waals surface area contributed by atoms with E-state index < -0.39 is 0 Å². The van der Waals surface area contributed by atoms with Gasteiger partial charge in [-0.2, -0.15) is 0 Å². The molecule has 0 radical (unpaired) electrons. The van der Waals surface area contributed by atoms with Crippen molar-refractivity contribution in [2.45, 2.75) is 0 Å². The summed E-state index contributed by atoms with van der Waals surface area (Å²) in [5.74, 6) is 0.949. The minimum absolute atomic E-state index is 0.949. The van der Waals surface area contributed by atoms with E-state index in [0.717, 1.165) is 37.6 Å². The molecular formula is C10H13N3O. The van der Waals surface area contributed by atoms with Crippen LogP contribution in [-0.4, -0.2) is 26.2 Å². The fraction of sp³-hybridized carbons (Fsp3) is 0.400. The summed E-state index contributed by atoms with van der Waals surface area (Å²) in [6.07, 6.45) is 0. The van der Waals surface area contributed by atoms with Crippen LogP contribution in [0.2, 0.25) is 0 Å². The minimum Gasteiger partial charge on any atom is -0.380 e. The van der Waals surface area contributed by atoms with E-state index in [1.807, 2.05) is 18.2 Å². The van der Waals surface area contributed by atoms with Crippen LogP contribution in [0.3, 0.4) is 0 Å². The number of benzene rings is 1. The summed E-state index contributed by atoms with van der Waals surface area (Å²) < 4.78 is 0. The number of hydrogen-bond acceptors (Lipinski definition) is 4. The quantitative estimate of drug-likeness (QED) is 0.689. The third kappa shape index (κ3) is 1.11. The second kappa shape index (κ2) is 3.06. The van der Waals surface area contributed by atoms with Crippen LogP contribution in [0.25, 0.3) is 0 Å². The lowest BCUT2D eigenvalue weighted by Gasteiger charge is -2.28. The first kappa shape index (κ1) is 7.94. The van der Waals surface area contributed by atoms with E-state index in [0.29, 0.717) is 0 Å². The first-order valence-electron chi connectivity index (χ1n) is 4.97. The van der Waals surface area contributed by atoms with Crippen molar-refractivity contribution in [3.63, 3.8) is 0 Å². The standard InChI is InChI=1S/C10H13N3O/c1-2-8-10(9(3-1)14-12-8)13-6-4-11-5-7-13/h1-3,11-12H,4-7H2. The maximum Gasteiger partial charge on any atom is 0.180 e. The Hall–Kier alpha value is -1.42. The van der Waals surface area contributed by atoms with Crippen LogP contribution in [0.1, 0.15) is 0 Å². The Labute approximate surface area is 82.8 Å². The number of hydrogen-bond donors (Lipinski definition) is 2. The Morgan fingerprint density at radius 2 is 2.07 bits per heavy atom. The number of nitrogens with zero attached hydrogens (tertiary/aromatic N) is 1. The monoisotopic (exact) mass is 191 g/mol. The molecule has 4 nitrogen and oxygen atoms in total. The van der Waals surface area contributed by atoms with Gasteiger partial charge in [0.05, 0.1) is 5.69 Å². The van der Waals surface area contributed by atoms with Crippen molar-refractivity contribution in [3.05, 3.63) is 18.2 Å². The van der Waals surface area contributed by atoms with Crippen molar-refractivity contribution < 1.29 is 4.84 Å². The molecule has 0 spiro atoms. The lowest BCUT2D eigenvalue weighted by molar-refractivity contribution is 0.422. The van der Waals surface area contributed by atoms with Gasteiger partial charge in [0, 0.05) is 26.2 Å². The number of para-hydroxylation sites is 1. The van der Waals surface area contributed by atoms with E-state index in [4.69, 9.17) is 4.84 Å². The van der Waals surface area contributed by atoms with Gasteiger partial charge >= 0.3 is 0 Å². The van der Waals surface area contributed by atoms with Crippen LogP contribution in [0.5, 0.6) is 5.75 Å². The topological polar surface area (TPSA) is 36.5 Å². The van der Waals surface area contributed by atoms with E-state index in [1.165, 1.54) is 5.69 Å². The van der Waals surface area contributed by atoms with Crippen molar-refractivity contribution in [1.82, 2.24) is 5.32 Å². The molecule has 0 unspecified atom stereocenters. The van der Waals surface area contributed by atoms with Gasteiger partial charge in [-0.1, -0.05) is 6.07 Å². The number of anilines is 2. The van der Waals surface area contributed by atoms with Crippen molar-refractivity contribution in [3.8, 4) is 5.75 Å². The molecule has 1 aromatic carbocycles. The van der Waals surface area contributed by atoms with Crippen molar-refractivity contribution in [2.75, 3.05) is 36.6 Å². The van der Waals surface area contributed by atoms with Crippen LogP contribution in [-0.2, 0) is 0 Å². The van der Waals surface area contributed by atoms with Gasteiger partial charge in [-0.15, -0.1) is 0 Å². The Bertz CT molecular complexity index is 325. The highest BCUT2D eigenvalue weighted by Gasteiger charge is 2.23. The first-order chi connectivity index (χ1) is 6.95. The van der Waals surface area contributed by atoms with Crippen LogP contribution >= 0.6 is 0 Å². The van der Waals surface area contributed by atoms with Crippen LogP contribution < -0.4 is 20.5 Å². The summed E-state index contributed by atoms with van der Waals surface area (Å²) in [7, 11) is 0. The fourth-order valence-corrected chi connectivity index (χ4v) is 2.01. The molecule has 0 saturated carbocycles. The summed E-state index contributed by atoms with van der Waals surface area (Å²) in [6, 6.07) is 6.06. The van der Waals surface area contributed by atoms with Gasteiger partial charge in [-0.25, -0.2) is 5.48 Å². The molecule has 2 N–H and O–H groups in total. The van der Waals surface area contributed by atoms with Crippen molar-refractivity contribution in [2.24, 2.45) is 0 Å². The molecule has 0 atom stereocenters. The molecule has 4 heteroatoms. The largest absolute Gasteiger partial charge is 0.380 e. The summed E-state index contributed by atoms with van der Waals surface area (Å²) in [5, 5.41) is 3.34. The van der Waals surface area contributed by atoms with Crippen molar-refractivity contribution in [1.29, 1.82) is 0 Å². The van der Waals surface area contributed by atoms with E-state index in [1.54, 1.807) is 0 Å². The van der Waals surface area contributed by atoms with Crippen LogP contribution in [0.4, 0.5) is 11.4 Å². The molecule has 2 aliphatic rings. The van der Waals surface area contributed by atoms with E-state index in [9.17, 15) is 0 Å². The van der Waals surface area contributed by atoms with Gasteiger partial charge in [0.1, 0.15) is 5.69 Å². The first-order valence-corrected chi connectivity index (χ1v) is 4.97. The van der Waals surface area contributed by atoms with Gasteiger partial charge in [-0.05, 0) is 12.1 Å². The number of fused-ring (bicyclic) bond motifs is 2. The maximum absolute atomic E-state index is 5.36. The molecule has 1 saturated heterocycles. The lowest BCUT2D eigenvalue weighted by Crippen LogP contribution is -2.43. The SMILES string of the molecule is c1cc2c(N3CCNCC3)c(c1)ON2. The highest BCUT2D eigenvalue weighted by atomic mass is 16.7. The average molecular weight is 191 g/mol. The second-order valence-corrected chi connectivity index (χ2v) is 3.59. The zero-order chi connectivity index (χ0) is 9.38. The maximum atomic E-state index is 5.36. The van der Waals surface area contributed by atoms with Crippen molar-refractivity contribution >= 4 is 11.4 Å². The Balaban J connectivity index is 1.96. The normalized spacial score (nSPS) is 19.0. The summed E-state index contributed by atoms with van der Waals surface area (Å²) in [6.45, 7) is 4.20. The van der Waals surface area contributed by atoms with Gasteiger partial charge in [0.15, 0.2) is 5.75 Å². The molecule has 1 aromatic rings. The molecular weight excluding hydrogens is 178 g/mol. The highest BCUT2D eigenvalue weighted by molar-refractivity contribution is 5.79. The average Bonchev–Trinajstić information content (AvgIpc) is 2.50. The molecule has 2 heterocycles. The second-order valence-electron chi connectivity index (χ2n) is 3.59. The molecule has 2 bridgehead atoms. The molecule has 3 rings (SSSR count). The highest BCUT2D eigenvalue weighted by Crippen LogP contribution is 2.40. The fourth-order valence-electron chi connectivity index (χ4n) is 2.01. The third-order valence-corrected chi connectivity index (χ3v) is 2.70. The molecule has 74 valence electrons. The van der Waals surface area contributed by atoms with Gasteiger partial charge in [0.2, 0.25) is 0 Å². The molecule has 0 amide bonds. The van der Waals surface area contributed by atoms with Gasteiger partial charge in [-0.3, -0.25) is 0 Å². The van der Waals surface area contributed by atoms with Crippen LogP contribution in [0, 0.1) is 0 Å². The number of nitrogens with one attached hydrogen (secondary N) is 2. The molecule has 0 aromatic heterocycles. The van der Waals surface area contributed by atoms with E-state index in [-0.39, 0.29) is 0 Å². The zero-order valence-corrected chi connectivity index (χ0v) is 7.92. The van der Waals surface area contributed by atoms with Gasteiger partial charge < -0.3 is 15.1 Å². The molecule has 14 heavy (non-hydrogen) atoms. The van der Waals surface area contributed by atoms with Crippen LogP contribution in [0.15, 0.2) is 18.2 Å². The minimum atomic E-state index is 0.949. The summed E-state index contributed by atoms with van der Waals surface area (Å²) >= 11 is 0. The molecule has 0 aliphatic carbocycles. The smallest absolute Gasteiger partial charge is 0.180 e. The number of rotatable bonds is 1. The zero-order valence-electron chi connectivity index (χ0n) is 7.92. The Morgan fingerprint density at radius 3 is 2.86 bits per heavy atom. The predicted octanol–water partition coefficient (Wildman–Crippen LogP) is 0.815. The Morgan fingerprint density at radius 1 is 1.21 bits per heavy atom. The Kier molecular flexibility index (Phi) is 1.73. The van der Waals surface area contributed by atoms with Gasteiger partial charge in [0.25, 0.3) is 0 Å². The lowest BCUT2D eigenvalue weighted by atomic mass is 10.2. The number of piperazine rings is 1. The predicted molar refractivity (Wildman–Crippen MR) is 55.8 cm³/mol. The molecule has 2 aliphatic heterocycles. The summed E-state index contributed by atoms with van der Waals surface area (Å²) in [4.78, 5) is 7.72.